The number of nitrogens with zero attached hydrogens (tertiary/aromatic N) is 6. The number of benzene rings is 1. The number of fused-ring (bicyclic) bond motifs is 1. The Bertz CT molecular complexity index is 1130. The molecule has 0 N–H and O–H groups in total. The Hall–Kier alpha value is -3.49. The van der Waals surface area contributed by atoms with Gasteiger partial charge in [-0.1, -0.05) is 23.8 Å². The SMILES string of the molecule is CC(=O)OC(C)(C)C(=O)N1CCN(c2nc3nccc(-c4cccc(C)c4)n3n2)CC1. The summed E-state index contributed by atoms with van der Waals surface area (Å²) in [6.45, 7) is 8.75. The van der Waals surface area contributed by atoms with Crippen LogP contribution in [-0.2, 0) is 14.3 Å². The van der Waals surface area contributed by atoms with E-state index in [0.717, 1.165) is 11.3 Å². The van der Waals surface area contributed by atoms with Crippen molar-refractivity contribution in [3.63, 3.8) is 0 Å². The molecule has 31 heavy (non-hydrogen) atoms. The highest BCUT2D eigenvalue weighted by molar-refractivity contribution is 5.87. The second-order valence-electron chi connectivity index (χ2n) is 8.21. The highest BCUT2D eigenvalue weighted by atomic mass is 16.6. The topological polar surface area (TPSA) is 92.9 Å². The molecule has 0 radical (unpaired) electrons. The Morgan fingerprint density at radius 2 is 1.84 bits per heavy atom. The molecular weight excluding hydrogens is 396 g/mol. The first-order valence-corrected chi connectivity index (χ1v) is 10.3. The van der Waals surface area contributed by atoms with E-state index in [2.05, 4.69) is 29.0 Å². The number of piperazine rings is 1. The maximum absolute atomic E-state index is 12.8. The summed E-state index contributed by atoms with van der Waals surface area (Å²) >= 11 is 0. The van der Waals surface area contributed by atoms with E-state index >= 15 is 0 Å². The van der Waals surface area contributed by atoms with Crippen LogP contribution in [0.15, 0.2) is 36.5 Å². The maximum Gasteiger partial charge on any atom is 0.303 e. The van der Waals surface area contributed by atoms with Gasteiger partial charge in [0.2, 0.25) is 5.95 Å². The molecule has 1 fully saturated rings. The van der Waals surface area contributed by atoms with E-state index in [4.69, 9.17) is 9.84 Å². The molecule has 0 bridgehead atoms. The van der Waals surface area contributed by atoms with E-state index in [0.29, 0.717) is 37.9 Å². The third-order valence-electron chi connectivity index (χ3n) is 5.31. The average molecular weight is 422 g/mol. The summed E-state index contributed by atoms with van der Waals surface area (Å²) in [4.78, 5) is 36.8. The largest absolute Gasteiger partial charge is 0.450 e. The molecule has 4 rings (SSSR count). The lowest BCUT2D eigenvalue weighted by molar-refractivity contribution is -0.168. The van der Waals surface area contributed by atoms with Crippen molar-refractivity contribution in [1.82, 2.24) is 24.5 Å². The van der Waals surface area contributed by atoms with Crippen LogP contribution in [0.3, 0.4) is 0 Å². The Labute approximate surface area is 180 Å². The average Bonchev–Trinajstić information content (AvgIpc) is 3.17. The van der Waals surface area contributed by atoms with Gasteiger partial charge in [-0.05, 0) is 32.9 Å². The number of anilines is 1. The van der Waals surface area contributed by atoms with Crippen LogP contribution in [-0.4, -0.2) is 68.1 Å². The number of aryl methyl sites for hydroxylation is 1. The summed E-state index contributed by atoms with van der Waals surface area (Å²) in [5, 5.41) is 4.70. The fourth-order valence-electron chi connectivity index (χ4n) is 3.83. The van der Waals surface area contributed by atoms with Crippen molar-refractivity contribution < 1.29 is 14.3 Å². The second-order valence-corrected chi connectivity index (χ2v) is 8.21. The normalized spacial score (nSPS) is 14.7. The molecule has 9 heteroatoms. The first kappa shape index (κ1) is 20.8. The highest BCUT2D eigenvalue weighted by Gasteiger charge is 2.36. The zero-order chi connectivity index (χ0) is 22.2. The Kier molecular flexibility index (Phi) is 5.34. The van der Waals surface area contributed by atoms with Gasteiger partial charge in [0, 0.05) is 44.9 Å². The molecule has 1 saturated heterocycles. The first-order chi connectivity index (χ1) is 14.7. The molecule has 3 aromatic rings. The fourth-order valence-corrected chi connectivity index (χ4v) is 3.83. The summed E-state index contributed by atoms with van der Waals surface area (Å²) in [7, 11) is 0. The summed E-state index contributed by atoms with van der Waals surface area (Å²) < 4.78 is 6.94. The van der Waals surface area contributed by atoms with Crippen LogP contribution in [0.1, 0.15) is 26.3 Å². The molecule has 0 aliphatic carbocycles. The van der Waals surface area contributed by atoms with E-state index in [9.17, 15) is 9.59 Å². The fraction of sp³-hybridized carbons (Fsp3) is 0.409. The lowest BCUT2D eigenvalue weighted by Gasteiger charge is -2.37. The molecular formula is C22H26N6O3. The van der Waals surface area contributed by atoms with Crippen molar-refractivity contribution in [3.05, 3.63) is 42.1 Å². The number of hydrogen-bond acceptors (Lipinski definition) is 7. The molecule has 0 spiro atoms. The zero-order valence-electron chi connectivity index (χ0n) is 18.2. The number of carbonyl (C=O) groups excluding carboxylic acids is 2. The minimum atomic E-state index is -1.18. The molecule has 0 saturated carbocycles. The minimum Gasteiger partial charge on any atom is -0.450 e. The van der Waals surface area contributed by atoms with Crippen LogP contribution in [0.4, 0.5) is 5.95 Å². The molecule has 0 atom stereocenters. The van der Waals surface area contributed by atoms with E-state index in [1.807, 2.05) is 23.1 Å². The summed E-state index contributed by atoms with van der Waals surface area (Å²) in [6, 6.07) is 10.1. The summed E-state index contributed by atoms with van der Waals surface area (Å²) in [5.74, 6) is 0.443. The van der Waals surface area contributed by atoms with Crippen molar-refractivity contribution >= 4 is 23.6 Å². The number of rotatable bonds is 4. The lowest BCUT2D eigenvalue weighted by atomic mass is 10.1. The third-order valence-corrected chi connectivity index (χ3v) is 5.31. The molecule has 2 aromatic heterocycles. The number of amides is 1. The Morgan fingerprint density at radius 3 is 2.52 bits per heavy atom. The molecule has 1 aromatic carbocycles. The van der Waals surface area contributed by atoms with E-state index in [1.54, 1.807) is 29.5 Å². The first-order valence-electron chi connectivity index (χ1n) is 10.3. The molecule has 1 aliphatic heterocycles. The molecule has 9 nitrogen and oxygen atoms in total. The quantitative estimate of drug-likeness (QED) is 0.595. The van der Waals surface area contributed by atoms with Crippen molar-refractivity contribution in [2.45, 2.75) is 33.3 Å². The van der Waals surface area contributed by atoms with Crippen LogP contribution >= 0.6 is 0 Å². The van der Waals surface area contributed by atoms with Crippen LogP contribution < -0.4 is 4.90 Å². The van der Waals surface area contributed by atoms with Gasteiger partial charge in [-0.3, -0.25) is 9.59 Å². The Balaban J connectivity index is 1.52. The summed E-state index contributed by atoms with van der Waals surface area (Å²) in [5.41, 5.74) is 1.96. The zero-order valence-corrected chi connectivity index (χ0v) is 18.2. The standard InChI is InChI=1S/C22H26N6O3/c1-15-6-5-7-17(14-15)18-8-9-23-20-24-21(25-28(18)20)27-12-10-26(11-13-27)19(30)22(3,4)31-16(2)29/h5-9,14H,10-13H2,1-4H3. The van der Waals surface area contributed by atoms with Gasteiger partial charge in [0.15, 0.2) is 5.60 Å². The van der Waals surface area contributed by atoms with Crippen molar-refractivity contribution in [2.75, 3.05) is 31.1 Å². The van der Waals surface area contributed by atoms with Crippen LogP contribution in [0.25, 0.3) is 17.0 Å². The predicted molar refractivity (Wildman–Crippen MR) is 116 cm³/mol. The number of aromatic nitrogens is 4. The highest BCUT2D eigenvalue weighted by Crippen LogP contribution is 2.23. The molecule has 0 unspecified atom stereocenters. The monoisotopic (exact) mass is 422 g/mol. The summed E-state index contributed by atoms with van der Waals surface area (Å²) in [6.07, 6.45) is 1.74. The van der Waals surface area contributed by atoms with Gasteiger partial charge in [-0.15, -0.1) is 5.10 Å². The number of hydrogen-bond donors (Lipinski definition) is 0. The predicted octanol–water partition coefficient (Wildman–Crippen LogP) is 2.09. The van der Waals surface area contributed by atoms with E-state index in [-0.39, 0.29) is 5.91 Å². The van der Waals surface area contributed by atoms with Gasteiger partial charge < -0.3 is 14.5 Å². The van der Waals surface area contributed by atoms with Gasteiger partial charge in [0.25, 0.3) is 11.7 Å². The molecule has 1 aliphatic rings. The molecule has 162 valence electrons. The number of carbonyl (C=O) groups is 2. The van der Waals surface area contributed by atoms with Gasteiger partial charge in [-0.25, -0.2) is 4.98 Å². The third kappa shape index (κ3) is 4.21. The van der Waals surface area contributed by atoms with Gasteiger partial charge >= 0.3 is 5.97 Å². The maximum atomic E-state index is 12.8. The van der Waals surface area contributed by atoms with Gasteiger partial charge in [0.05, 0.1) is 5.69 Å². The smallest absolute Gasteiger partial charge is 0.303 e. The van der Waals surface area contributed by atoms with Gasteiger partial charge in [-0.2, -0.15) is 9.50 Å². The number of ether oxygens (including phenoxy) is 1. The van der Waals surface area contributed by atoms with E-state index in [1.165, 1.54) is 12.5 Å². The van der Waals surface area contributed by atoms with Crippen LogP contribution in [0.5, 0.6) is 0 Å². The lowest BCUT2D eigenvalue weighted by Crippen LogP contribution is -2.55. The number of esters is 1. The van der Waals surface area contributed by atoms with Crippen molar-refractivity contribution in [2.24, 2.45) is 0 Å². The van der Waals surface area contributed by atoms with Crippen molar-refractivity contribution in [1.29, 1.82) is 0 Å². The Morgan fingerprint density at radius 1 is 1.10 bits per heavy atom. The molecule has 3 heterocycles. The second kappa shape index (κ2) is 7.98. The van der Waals surface area contributed by atoms with E-state index < -0.39 is 11.6 Å². The van der Waals surface area contributed by atoms with Crippen molar-refractivity contribution in [3.8, 4) is 11.3 Å². The van der Waals surface area contributed by atoms with Gasteiger partial charge in [0.1, 0.15) is 0 Å². The minimum absolute atomic E-state index is 0.200. The molecule has 1 amide bonds. The van der Waals surface area contributed by atoms with Crippen LogP contribution in [0, 0.1) is 6.92 Å². The van der Waals surface area contributed by atoms with Crippen LogP contribution in [0.2, 0.25) is 0 Å².